The summed E-state index contributed by atoms with van der Waals surface area (Å²) >= 11 is 0. The van der Waals surface area contributed by atoms with Gasteiger partial charge in [0.05, 0.1) is 12.1 Å². The number of aryl methyl sites for hydroxylation is 2. The molecule has 1 aromatic carbocycles. The molecular weight excluding hydrogens is 421 g/mol. The Balaban J connectivity index is 1.52. The highest BCUT2D eigenvalue weighted by Crippen LogP contribution is 2.41. The van der Waals surface area contributed by atoms with E-state index in [0.717, 1.165) is 34.7 Å². The first kappa shape index (κ1) is 20.6. The van der Waals surface area contributed by atoms with Crippen LogP contribution in [0.25, 0.3) is 11.1 Å². The quantitative estimate of drug-likeness (QED) is 0.618. The number of hydrogen-bond donors (Lipinski definition) is 1. The second kappa shape index (κ2) is 7.11. The van der Waals surface area contributed by atoms with Gasteiger partial charge in [-0.05, 0) is 29.7 Å². The van der Waals surface area contributed by atoms with E-state index in [1.54, 1.807) is 20.0 Å². The minimum atomic E-state index is -4.46. The van der Waals surface area contributed by atoms with E-state index in [0.29, 0.717) is 31.6 Å². The molecule has 168 valence electrons. The van der Waals surface area contributed by atoms with Gasteiger partial charge in [0.2, 0.25) is 12.1 Å². The molecule has 2 aliphatic heterocycles. The molecular formula is C22H24F3N6O+. The Morgan fingerprint density at radius 1 is 1.22 bits per heavy atom. The number of aromatic amines is 1. The second-order valence-electron chi connectivity index (χ2n) is 8.45. The van der Waals surface area contributed by atoms with Gasteiger partial charge >= 0.3 is 6.18 Å². The molecule has 4 heterocycles. The smallest absolute Gasteiger partial charge is 0.338 e. The van der Waals surface area contributed by atoms with Crippen molar-refractivity contribution in [2.75, 3.05) is 18.0 Å². The van der Waals surface area contributed by atoms with Crippen LogP contribution >= 0.6 is 0 Å². The maximum absolute atomic E-state index is 13.5. The fourth-order valence-corrected chi connectivity index (χ4v) is 4.81. The van der Waals surface area contributed by atoms with Gasteiger partial charge in [-0.15, -0.1) is 4.68 Å². The van der Waals surface area contributed by atoms with Crippen molar-refractivity contribution < 1.29 is 22.6 Å². The van der Waals surface area contributed by atoms with Crippen LogP contribution in [0.5, 0.6) is 0 Å². The number of carbonyl (C=O) groups is 1. The molecule has 0 unspecified atom stereocenters. The van der Waals surface area contributed by atoms with Crippen molar-refractivity contribution >= 4 is 17.4 Å². The lowest BCUT2D eigenvalue weighted by atomic mass is 10.0. The molecule has 7 nitrogen and oxygen atoms in total. The fourth-order valence-electron chi connectivity index (χ4n) is 4.81. The van der Waals surface area contributed by atoms with Crippen LogP contribution in [0.3, 0.4) is 0 Å². The predicted octanol–water partition coefficient (Wildman–Crippen LogP) is 2.86. The number of nitrogens with one attached hydrogen (secondary N) is 1. The number of rotatable bonds is 2. The van der Waals surface area contributed by atoms with Gasteiger partial charge in [0, 0.05) is 50.4 Å². The first-order valence-corrected chi connectivity index (χ1v) is 10.5. The third kappa shape index (κ3) is 3.25. The Morgan fingerprint density at radius 3 is 2.72 bits per heavy atom. The number of hydrogen-bond acceptors (Lipinski definition) is 3. The first-order chi connectivity index (χ1) is 15.1. The monoisotopic (exact) mass is 445 g/mol. The van der Waals surface area contributed by atoms with Crippen LogP contribution in [0.4, 0.5) is 24.7 Å². The second-order valence-corrected chi connectivity index (χ2v) is 8.45. The Morgan fingerprint density at radius 2 is 2.00 bits per heavy atom. The first-order valence-electron chi connectivity index (χ1n) is 10.5. The lowest BCUT2D eigenvalue weighted by Gasteiger charge is -2.28. The van der Waals surface area contributed by atoms with E-state index < -0.39 is 11.9 Å². The molecule has 1 amide bonds. The lowest BCUT2D eigenvalue weighted by Crippen LogP contribution is -2.35. The Bertz CT molecular complexity index is 1230. The maximum Gasteiger partial charge on any atom is 0.437 e. The highest BCUT2D eigenvalue weighted by atomic mass is 19.4. The summed E-state index contributed by atoms with van der Waals surface area (Å²) in [5.74, 6) is 0.862. The van der Waals surface area contributed by atoms with E-state index in [1.807, 2.05) is 28.8 Å². The van der Waals surface area contributed by atoms with Gasteiger partial charge in [0.25, 0.3) is 0 Å². The zero-order valence-electron chi connectivity index (χ0n) is 18.1. The van der Waals surface area contributed by atoms with Crippen molar-refractivity contribution in [2.24, 2.45) is 14.1 Å². The number of alkyl halides is 3. The van der Waals surface area contributed by atoms with E-state index in [4.69, 9.17) is 5.10 Å². The van der Waals surface area contributed by atoms with Gasteiger partial charge in [0.15, 0.2) is 18.6 Å². The van der Waals surface area contributed by atoms with Crippen molar-refractivity contribution in [1.29, 1.82) is 0 Å². The summed E-state index contributed by atoms with van der Waals surface area (Å²) in [6, 6.07) is 5.44. The number of benzene rings is 1. The zero-order valence-corrected chi connectivity index (χ0v) is 18.1. The van der Waals surface area contributed by atoms with Crippen molar-refractivity contribution in [3.63, 3.8) is 0 Å². The van der Waals surface area contributed by atoms with Crippen LogP contribution in [0.1, 0.15) is 29.4 Å². The molecule has 0 fully saturated rings. The van der Waals surface area contributed by atoms with Gasteiger partial charge in [-0.3, -0.25) is 9.48 Å². The predicted molar refractivity (Wildman–Crippen MR) is 111 cm³/mol. The molecule has 10 heteroatoms. The van der Waals surface area contributed by atoms with Crippen LogP contribution in [-0.2, 0) is 44.5 Å². The third-order valence-electron chi connectivity index (χ3n) is 6.37. The molecule has 32 heavy (non-hydrogen) atoms. The highest BCUT2D eigenvalue weighted by molar-refractivity contribution is 5.77. The molecule has 2 aromatic heterocycles. The van der Waals surface area contributed by atoms with Gasteiger partial charge in [-0.1, -0.05) is 6.07 Å². The molecule has 0 spiro atoms. The minimum absolute atomic E-state index is 0.0389. The van der Waals surface area contributed by atoms with Gasteiger partial charge in [-0.2, -0.15) is 23.4 Å². The number of anilines is 2. The number of carbonyl (C=O) groups excluding carboxylic acids is 1. The number of amides is 1. The van der Waals surface area contributed by atoms with Gasteiger partial charge < -0.3 is 9.80 Å². The van der Waals surface area contributed by atoms with Crippen molar-refractivity contribution in [3.8, 4) is 11.1 Å². The van der Waals surface area contributed by atoms with Crippen molar-refractivity contribution in [3.05, 3.63) is 46.9 Å². The van der Waals surface area contributed by atoms with E-state index in [9.17, 15) is 18.0 Å². The Hall–Kier alpha value is -3.30. The zero-order chi connectivity index (χ0) is 22.8. The lowest BCUT2D eigenvalue weighted by molar-refractivity contribution is -0.727. The highest BCUT2D eigenvalue weighted by Gasteiger charge is 2.39. The van der Waals surface area contributed by atoms with E-state index in [2.05, 4.69) is 10.00 Å². The summed E-state index contributed by atoms with van der Waals surface area (Å²) < 4.78 is 43.6. The summed E-state index contributed by atoms with van der Waals surface area (Å²) in [6.07, 6.45) is -1.54. The molecule has 0 aliphatic carbocycles. The SMILES string of the molecule is CC(=O)N1CCc2c(c(N3CCc4cc(-c5c[n+](C)[nH]c5C(F)(F)F)ccc43)nn2C)C1. The maximum atomic E-state index is 13.5. The summed E-state index contributed by atoms with van der Waals surface area (Å²) in [5, 5.41) is 7.12. The van der Waals surface area contributed by atoms with Gasteiger partial charge in [0.1, 0.15) is 0 Å². The van der Waals surface area contributed by atoms with Crippen LogP contribution in [0.15, 0.2) is 24.4 Å². The summed E-state index contributed by atoms with van der Waals surface area (Å²) in [5.41, 5.74) is 4.01. The van der Waals surface area contributed by atoms with Crippen LogP contribution in [0, 0.1) is 0 Å². The average molecular weight is 445 g/mol. The van der Waals surface area contributed by atoms with Gasteiger partial charge in [-0.25, -0.2) is 0 Å². The minimum Gasteiger partial charge on any atom is -0.338 e. The number of aromatic nitrogens is 4. The molecule has 2 aliphatic rings. The summed E-state index contributed by atoms with van der Waals surface area (Å²) in [4.78, 5) is 15.9. The van der Waals surface area contributed by atoms with Crippen molar-refractivity contribution in [2.45, 2.75) is 32.5 Å². The van der Waals surface area contributed by atoms with E-state index in [1.165, 1.54) is 10.9 Å². The molecule has 0 bridgehead atoms. The Kier molecular flexibility index (Phi) is 4.58. The molecule has 0 radical (unpaired) electrons. The van der Waals surface area contributed by atoms with Crippen molar-refractivity contribution in [1.82, 2.24) is 19.8 Å². The number of nitrogens with zero attached hydrogens (tertiary/aromatic N) is 5. The molecule has 1 N–H and O–H groups in total. The number of halogens is 3. The van der Waals surface area contributed by atoms with E-state index in [-0.39, 0.29) is 11.5 Å². The van der Waals surface area contributed by atoms with E-state index >= 15 is 0 Å². The molecule has 5 rings (SSSR count). The van der Waals surface area contributed by atoms with Crippen LogP contribution in [-0.4, -0.2) is 38.8 Å². The molecule has 0 atom stereocenters. The average Bonchev–Trinajstić information content (AvgIpc) is 3.42. The standard InChI is InChI=1S/C22H23F3N6O/c1-13(32)30-8-7-19-17(12-30)21(27-29(19)3)31-9-6-15-10-14(4-5-18(15)31)16-11-28(2)26-20(16)22(23,24)25/h4-5,10-11H,6-9,12H2,1-3H3/p+1. The molecule has 0 saturated carbocycles. The topological polar surface area (TPSA) is 61.0 Å². The fraction of sp³-hybridized carbons (Fsp3) is 0.409. The molecule has 3 aromatic rings. The van der Waals surface area contributed by atoms with Crippen LogP contribution < -0.4 is 9.58 Å². The Labute approximate surface area is 183 Å². The third-order valence-corrected chi connectivity index (χ3v) is 6.37. The summed E-state index contributed by atoms with van der Waals surface area (Å²) in [7, 11) is 3.46. The van der Waals surface area contributed by atoms with Crippen LogP contribution in [0.2, 0.25) is 0 Å². The summed E-state index contributed by atoms with van der Waals surface area (Å²) in [6.45, 7) is 3.46. The number of H-pyrrole nitrogens is 1. The normalized spacial score (nSPS) is 15.8. The molecule has 0 saturated heterocycles. The largest absolute Gasteiger partial charge is 0.437 e. The number of fused-ring (bicyclic) bond motifs is 2.